The van der Waals surface area contributed by atoms with Crippen molar-refractivity contribution in [3.8, 4) is 0 Å². The van der Waals surface area contributed by atoms with Gasteiger partial charge in [-0.15, -0.1) is 0 Å². The van der Waals surface area contributed by atoms with E-state index in [1.165, 1.54) is 144 Å². The first-order chi connectivity index (χ1) is 29.8. The van der Waals surface area contributed by atoms with E-state index in [1.54, 1.807) is 6.20 Å². The third kappa shape index (κ3) is 15.4. The van der Waals surface area contributed by atoms with Crippen LogP contribution in [0.2, 0.25) is 0 Å². The van der Waals surface area contributed by atoms with Gasteiger partial charge in [0.05, 0.1) is 24.4 Å². The molecule has 5 N–H and O–H groups in total. The van der Waals surface area contributed by atoms with Gasteiger partial charge in [0.15, 0.2) is 5.84 Å². The van der Waals surface area contributed by atoms with Crippen molar-refractivity contribution in [2.45, 2.75) is 162 Å². The Bertz CT molecular complexity index is 1810. The maximum atomic E-state index is 9.16. The summed E-state index contributed by atoms with van der Waals surface area (Å²) in [5, 5.41) is 16.2. The summed E-state index contributed by atoms with van der Waals surface area (Å²) in [4.78, 5) is 14.2. The highest BCUT2D eigenvalue weighted by Gasteiger charge is 2.31. The van der Waals surface area contributed by atoms with Crippen LogP contribution in [-0.2, 0) is 25.9 Å². The number of aliphatic imine (C=N–C) groups is 2. The Hall–Kier alpha value is -4.05. The van der Waals surface area contributed by atoms with Gasteiger partial charge in [0.1, 0.15) is 5.71 Å². The van der Waals surface area contributed by atoms with Crippen LogP contribution in [0.3, 0.4) is 0 Å². The van der Waals surface area contributed by atoms with Gasteiger partial charge in [0.2, 0.25) is 0 Å². The van der Waals surface area contributed by atoms with E-state index < -0.39 is 0 Å². The first kappa shape index (κ1) is 48.0. The van der Waals surface area contributed by atoms with Crippen LogP contribution in [0.15, 0.2) is 87.8 Å². The lowest BCUT2D eigenvalue weighted by Gasteiger charge is -2.32. The number of fused-ring (bicyclic) bond motifs is 2. The number of hydrogen-bond acceptors (Lipinski definition) is 8. The summed E-state index contributed by atoms with van der Waals surface area (Å²) < 4.78 is 0. The summed E-state index contributed by atoms with van der Waals surface area (Å²) in [6, 6.07) is 13.3. The molecule has 0 atom stereocenters. The Balaban J connectivity index is 0.908. The minimum atomic E-state index is 0.233. The van der Waals surface area contributed by atoms with Crippen LogP contribution < -0.4 is 11.5 Å². The number of hydrogen-bond donors (Lipinski definition) is 3. The van der Waals surface area contributed by atoms with Gasteiger partial charge in [0.25, 0.3) is 0 Å². The lowest BCUT2D eigenvalue weighted by molar-refractivity contribution is 0.196. The van der Waals surface area contributed by atoms with E-state index in [9.17, 15) is 0 Å². The summed E-state index contributed by atoms with van der Waals surface area (Å²) in [5.74, 6) is 0.731. The second-order valence-electron chi connectivity index (χ2n) is 17.9. The third-order valence-electron chi connectivity index (χ3n) is 12.8. The molecule has 0 amide bonds. The number of benzene rings is 2. The molecule has 2 aromatic carbocycles. The van der Waals surface area contributed by atoms with Crippen LogP contribution in [0.4, 0.5) is 5.69 Å². The fourth-order valence-electron chi connectivity index (χ4n) is 9.29. The van der Waals surface area contributed by atoms with Crippen molar-refractivity contribution in [3.63, 3.8) is 0 Å². The summed E-state index contributed by atoms with van der Waals surface area (Å²) >= 11 is 0. The molecule has 0 radical (unpaired) electrons. The first-order valence-corrected chi connectivity index (χ1v) is 24.1. The minimum absolute atomic E-state index is 0.233. The number of allylic oxidation sites excluding steroid dienone is 2. The predicted molar refractivity (Wildman–Crippen MR) is 260 cm³/mol. The fourth-order valence-corrected chi connectivity index (χ4v) is 9.29. The predicted octanol–water partition coefficient (Wildman–Crippen LogP) is 10.9. The van der Waals surface area contributed by atoms with Crippen molar-refractivity contribution in [1.29, 1.82) is 0 Å². The van der Waals surface area contributed by atoms with Gasteiger partial charge >= 0.3 is 0 Å². The van der Waals surface area contributed by atoms with Crippen LogP contribution in [0.5, 0.6) is 0 Å². The molecule has 61 heavy (non-hydrogen) atoms. The number of nitrogens with two attached hydrogens (primary N) is 2. The molecule has 0 unspecified atom stereocenters. The summed E-state index contributed by atoms with van der Waals surface area (Å²) in [7, 11) is 0. The third-order valence-corrected chi connectivity index (χ3v) is 12.8. The highest BCUT2D eigenvalue weighted by Crippen LogP contribution is 2.32. The molecule has 5 rings (SSSR count). The molecule has 0 aliphatic carbocycles. The van der Waals surface area contributed by atoms with Gasteiger partial charge < -0.3 is 21.5 Å². The zero-order chi connectivity index (χ0) is 43.2. The molecule has 9 nitrogen and oxygen atoms in total. The van der Waals surface area contributed by atoms with E-state index in [1.807, 2.05) is 11.9 Å². The van der Waals surface area contributed by atoms with Crippen LogP contribution in [0.25, 0.3) is 0 Å². The highest BCUT2D eigenvalue weighted by molar-refractivity contribution is 6.33. The Morgan fingerprint density at radius 1 is 0.820 bits per heavy atom. The van der Waals surface area contributed by atoms with Crippen molar-refractivity contribution in [2.24, 2.45) is 26.6 Å². The van der Waals surface area contributed by atoms with Crippen LogP contribution >= 0.6 is 0 Å². The van der Waals surface area contributed by atoms with Gasteiger partial charge in [-0.25, -0.2) is 10.0 Å². The molecule has 0 bridgehead atoms. The first-order valence-electron chi connectivity index (χ1n) is 24.1. The van der Waals surface area contributed by atoms with Crippen molar-refractivity contribution in [1.82, 2.24) is 14.8 Å². The molecule has 0 fully saturated rings. The largest absolute Gasteiger partial charge is 0.402 e. The van der Waals surface area contributed by atoms with Crippen molar-refractivity contribution < 1.29 is 5.11 Å². The fraction of sp³-hybridized carbons (Fsp3) is 0.596. The normalized spacial score (nSPS) is 16.3. The van der Waals surface area contributed by atoms with Crippen LogP contribution in [0, 0.1) is 0 Å². The second-order valence-corrected chi connectivity index (χ2v) is 17.9. The van der Waals surface area contributed by atoms with Crippen molar-refractivity contribution in [2.75, 3.05) is 39.3 Å². The van der Waals surface area contributed by atoms with Crippen LogP contribution in [-0.4, -0.2) is 76.5 Å². The van der Waals surface area contributed by atoms with Crippen molar-refractivity contribution >= 4 is 22.9 Å². The average molecular weight is 833 g/mol. The smallest absolute Gasteiger partial charge is 0.160 e. The monoisotopic (exact) mass is 833 g/mol. The van der Waals surface area contributed by atoms with Gasteiger partial charge in [-0.2, -0.15) is 5.10 Å². The zero-order valence-corrected chi connectivity index (χ0v) is 38.2. The molecule has 3 aliphatic heterocycles. The molecule has 0 aromatic heterocycles. The average Bonchev–Trinajstić information content (AvgIpc) is 3.81. The quantitative estimate of drug-likeness (QED) is 0.0675. The maximum absolute atomic E-state index is 9.16. The Kier molecular flexibility index (Phi) is 20.8. The van der Waals surface area contributed by atoms with E-state index >= 15 is 0 Å². The van der Waals surface area contributed by atoms with Gasteiger partial charge in [0, 0.05) is 68.0 Å². The number of nitrogens with zero attached hydrogens (tertiary/aromatic N) is 6. The standard InChI is InChI=1S/C52H80N8O/c1-5-55-52-50(43(4)54)51(47-28-27-46-36-41(2)56-49(46)38-47)57-60(52)39-44-25-26-48-40-59(32-29-45(48)37-44)42(3)24-22-20-18-16-14-12-10-8-6-7-9-11-13-15-17-19-21-23-31-58(33-30-53)34-35-61/h5,25-28,37-38,61H,1,3,6-24,29-36,39-40,53-54H2,2,4H3/b50-43+,55-52+. The van der Waals surface area contributed by atoms with Crippen molar-refractivity contribution in [3.05, 3.63) is 101 Å². The number of unbranched alkanes of at least 4 members (excludes halogenated alkanes) is 17. The molecule has 0 saturated heterocycles. The minimum Gasteiger partial charge on any atom is -0.402 e. The number of rotatable bonds is 30. The number of aliphatic hydroxyl groups excluding tert-OH is 1. The molecule has 2 aromatic rings. The lowest BCUT2D eigenvalue weighted by Crippen LogP contribution is -2.32. The molecular formula is C52H80N8O. The van der Waals surface area contributed by atoms with E-state index in [4.69, 9.17) is 26.7 Å². The topological polar surface area (TPSA) is 119 Å². The van der Waals surface area contributed by atoms with Gasteiger partial charge in [-0.3, -0.25) is 9.89 Å². The summed E-state index contributed by atoms with van der Waals surface area (Å²) in [6.45, 7) is 18.6. The molecule has 9 heteroatoms. The second kappa shape index (κ2) is 26.4. The summed E-state index contributed by atoms with van der Waals surface area (Å²) in [5.41, 5.74) is 24.2. The van der Waals surface area contributed by atoms with E-state index in [0.717, 1.165) is 86.1 Å². The zero-order valence-electron chi connectivity index (χ0n) is 38.2. The van der Waals surface area contributed by atoms with E-state index in [2.05, 4.69) is 71.3 Å². The Morgan fingerprint density at radius 3 is 2.05 bits per heavy atom. The number of aliphatic hydroxyl groups is 1. The van der Waals surface area contributed by atoms with Gasteiger partial charge in [-0.05, 0) is 74.4 Å². The summed E-state index contributed by atoms with van der Waals surface area (Å²) in [6.07, 6.45) is 29.2. The number of hydrazone groups is 1. The molecule has 0 spiro atoms. The van der Waals surface area contributed by atoms with E-state index in [0.29, 0.717) is 18.8 Å². The Morgan fingerprint density at radius 2 is 1.44 bits per heavy atom. The molecule has 3 heterocycles. The van der Waals surface area contributed by atoms with E-state index in [-0.39, 0.29) is 6.61 Å². The molecule has 334 valence electrons. The number of amidine groups is 1. The SMILES string of the molecule is C=C/N=C1\C(=C(/C)N)C(c2ccc3c(c2)N=C(C)C3)=NN1Cc1ccc2c(c1)CCN(C(=C)CCCCCCCCCCCCCCCCCCCCN(CCN)CCO)C2. The highest BCUT2D eigenvalue weighted by atomic mass is 16.3. The Labute approximate surface area is 369 Å². The molecular weight excluding hydrogens is 753 g/mol. The van der Waals surface area contributed by atoms with Gasteiger partial charge in [-0.1, -0.05) is 146 Å². The van der Waals surface area contributed by atoms with Crippen LogP contribution in [0.1, 0.15) is 164 Å². The molecule has 3 aliphatic rings. The lowest BCUT2D eigenvalue weighted by atomic mass is 9.96. The maximum Gasteiger partial charge on any atom is 0.160 e. The molecule has 0 saturated carbocycles.